The third-order valence-corrected chi connectivity index (χ3v) is 2.20. The molecule has 0 radical (unpaired) electrons. The second kappa shape index (κ2) is 3.23. The molecule has 0 bridgehead atoms. The Kier molecular flexibility index (Phi) is 2.54. The van der Waals surface area contributed by atoms with Crippen molar-refractivity contribution < 1.29 is 4.74 Å². The first-order valence-corrected chi connectivity index (χ1v) is 4.12. The van der Waals surface area contributed by atoms with Crippen molar-refractivity contribution in [3.8, 4) is 5.75 Å². The van der Waals surface area contributed by atoms with Crippen LogP contribution in [0.15, 0.2) is 18.2 Å². The van der Waals surface area contributed by atoms with Gasteiger partial charge in [-0.25, -0.2) is 0 Å². The number of rotatable bonds is 1. The molecule has 0 saturated heterocycles. The molecule has 1 aromatic carbocycles. The van der Waals surface area contributed by atoms with E-state index in [0.717, 1.165) is 9.32 Å². The summed E-state index contributed by atoms with van der Waals surface area (Å²) in [5.74, 6) is 0.959. The van der Waals surface area contributed by atoms with Gasteiger partial charge in [0, 0.05) is 0 Å². The highest BCUT2D eigenvalue weighted by Gasteiger charge is 1.96. The molecule has 0 aliphatic heterocycles. The molecule has 0 aromatic heterocycles. The summed E-state index contributed by atoms with van der Waals surface area (Å²) in [4.78, 5) is 0. The lowest BCUT2D eigenvalue weighted by molar-refractivity contribution is 0.411. The lowest BCUT2D eigenvalue weighted by Gasteiger charge is -2.02. The van der Waals surface area contributed by atoms with Gasteiger partial charge < -0.3 is 4.74 Å². The fourth-order valence-electron chi connectivity index (χ4n) is 0.767. The van der Waals surface area contributed by atoms with Gasteiger partial charge in [0.2, 0.25) is 0 Å². The molecule has 0 spiro atoms. The average Bonchev–Trinajstić information content (AvgIpc) is 1.94. The van der Waals surface area contributed by atoms with Crippen LogP contribution in [0.5, 0.6) is 5.75 Å². The summed E-state index contributed by atoms with van der Waals surface area (Å²) >= 11 is 2.25. The van der Waals surface area contributed by atoms with Crippen molar-refractivity contribution >= 4 is 22.6 Å². The summed E-state index contributed by atoms with van der Waals surface area (Å²) in [6.45, 7) is 2.05. The van der Waals surface area contributed by atoms with Crippen LogP contribution in [0, 0.1) is 10.5 Å². The molecule has 2 heteroatoms. The van der Waals surface area contributed by atoms with E-state index in [4.69, 9.17) is 4.74 Å². The first kappa shape index (κ1) is 7.85. The van der Waals surface area contributed by atoms with E-state index in [1.165, 1.54) is 5.56 Å². The van der Waals surface area contributed by atoms with Gasteiger partial charge in [-0.3, -0.25) is 0 Å². The fourth-order valence-corrected chi connectivity index (χ4v) is 1.32. The SMILES string of the molecule is COc1cc(C)ccc1I. The lowest BCUT2D eigenvalue weighted by atomic mass is 10.2. The van der Waals surface area contributed by atoms with Crippen molar-refractivity contribution in [3.05, 3.63) is 27.3 Å². The van der Waals surface area contributed by atoms with Crippen LogP contribution in [0.4, 0.5) is 0 Å². The van der Waals surface area contributed by atoms with Crippen LogP contribution in [0.1, 0.15) is 5.56 Å². The highest BCUT2D eigenvalue weighted by atomic mass is 127. The van der Waals surface area contributed by atoms with Crippen molar-refractivity contribution in [1.29, 1.82) is 0 Å². The first-order chi connectivity index (χ1) is 4.74. The zero-order valence-electron chi connectivity index (χ0n) is 6.02. The minimum atomic E-state index is 0.959. The Morgan fingerprint density at radius 3 is 2.60 bits per heavy atom. The quantitative estimate of drug-likeness (QED) is 0.694. The van der Waals surface area contributed by atoms with E-state index in [0.29, 0.717) is 0 Å². The maximum atomic E-state index is 5.12. The van der Waals surface area contributed by atoms with E-state index >= 15 is 0 Å². The van der Waals surface area contributed by atoms with Gasteiger partial charge in [0.05, 0.1) is 10.7 Å². The van der Waals surface area contributed by atoms with Crippen molar-refractivity contribution in [1.82, 2.24) is 0 Å². The number of aryl methyl sites for hydroxylation is 1. The third-order valence-electron chi connectivity index (χ3n) is 1.31. The molecule has 0 unspecified atom stereocenters. The minimum absolute atomic E-state index is 0.959. The molecule has 54 valence electrons. The first-order valence-electron chi connectivity index (χ1n) is 3.04. The lowest BCUT2D eigenvalue weighted by Crippen LogP contribution is -1.86. The molecule has 0 saturated carbocycles. The van der Waals surface area contributed by atoms with E-state index in [9.17, 15) is 0 Å². The maximum absolute atomic E-state index is 5.12. The van der Waals surface area contributed by atoms with Crippen molar-refractivity contribution in [2.24, 2.45) is 0 Å². The van der Waals surface area contributed by atoms with E-state index in [1.807, 2.05) is 6.07 Å². The molecule has 0 fully saturated rings. The minimum Gasteiger partial charge on any atom is -0.496 e. The zero-order chi connectivity index (χ0) is 7.56. The molecule has 1 aromatic rings. The van der Waals surface area contributed by atoms with Gasteiger partial charge in [-0.2, -0.15) is 0 Å². The summed E-state index contributed by atoms with van der Waals surface area (Å²) in [5, 5.41) is 0. The Labute approximate surface area is 74.5 Å². The Morgan fingerprint density at radius 2 is 2.10 bits per heavy atom. The molecular formula is C8H9IO. The highest BCUT2D eigenvalue weighted by Crippen LogP contribution is 2.20. The van der Waals surface area contributed by atoms with Gasteiger partial charge in [-0.05, 0) is 47.2 Å². The number of benzene rings is 1. The summed E-state index contributed by atoms with van der Waals surface area (Å²) < 4.78 is 6.28. The summed E-state index contributed by atoms with van der Waals surface area (Å²) in [7, 11) is 1.69. The Bertz CT molecular complexity index is 233. The van der Waals surface area contributed by atoms with Crippen LogP contribution in [-0.4, -0.2) is 7.11 Å². The largest absolute Gasteiger partial charge is 0.496 e. The van der Waals surface area contributed by atoms with Gasteiger partial charge in [-0.15, -0.1) is 0 Å². The van der Waals surface area contributed by atoms with Crippen molar-refractivity contribution in [3.63, 3.8) is 0 Å². The number of hydrogen-bond acceptors (Lipinski definition) is 1. The third kappa shape index (κ3) is 1.62. The normalized spacial score (nSPS) is 9.50. The van der Waals surface area contributed by atoms with Gasteiger partial charge >= 0.3 is 0 Å². The fraction of sp³-hybridized carbons (Fsp3) is 0.250. The second-order valence-electron chi connectivity index (χ2n) is 2.14. The van der Waals surface area contributed by atoms with Crippen LogP contribution >= 0.6 is 22.6 Å². The van der Waals surface area contributed by atoms with E-state index in [2.05, 4.69) is 41.6 Å². The van der Waals surface area contributed by atoms with Crippen molar-refractivity contribution in [2.75, 3.05) is 7.11 Å². The monoisotopic (exact) mass is 248 g/mol. The summed E-state index contributed by atoms with van der Waals surface area (Å²) in [5.41, 5.74) is 1.23. The van der Waals surface area contributed by atoms with Crippen LogP contribution in [0.3, 0.4) is 0 Å². The maximum Gasteiger partial charge on any atom is 0.132 e. The van der Waals surface area contributed by atoms with Crippen molar-refractivity contribution in [2.45, 2.75) is 6.92 Å². The number of hydrogen-bond donors (Lipinski definition) is 0. The predicted octanol–water partition coefficient (Wildman–Crippen LogP) is 2.61. The highest BCUT2D eigenvalue weighted by molar-refractivity contribution is 14.1. The molecule has 10 heavy (non-hydrogen) atoms. The molecule has 0 amide bonds. The van der Waals surface area contributed by atoms with E-state index in [-0.39, 0.29) is 0 Å². The van der Waals surface area contributed by atoms with Gasteiger partial charge in [0.25, 0.3) is 0 Å². The van der Waals surface area contributed by atoms with Gasteiger partial charge in [0.15, 0.2) is 0 Å². The van der Waals surface area contributed by atoms with Gasteiger partial charge in [0.1, 0.15) is 5.75 Å². The molecular weight excluding hydrogens is 239 g/mol. The summed E-state index contributed by atoms with van der Waals surface area (Å²) in [6, 6.07) is 6.15. The smallest absolute Gasteiger partial charge is 0.132 e. The molecule has 1 rings (SSSR count). The van der Waals surface area contributed by atoms with E-state index < -0.39 is 0 Å². The Hall–Kier alpha value is -0.250. The molecule has 0 heterocycles. The molecule has 0 atom stereocenters. The molecule has 0 aliphatic carbocycles. The predicted molar refractivity (Wildman–Crippen MR) is 50.4 cm³/mol. The zero-order valence-corrected chi connectivity index (χ0v) is 8.18. The van der Waals surface area contributed by atoms with Gasteiger partial charge in [-0.1, -0.05) is 6.07 Å². The Balaban J connectivity index is 3.09. The van der Waals surface area contributed by atoms with Crippen LogP contribution in [-0.2, 0) is 0 Å². The summed E-state index contributed by atoms with van der Waals surface area (Å²) in [6.07, 6.45) is 0. The molecule has 1 nitrogen and oxygen atoms in total. The number of methoxy groups -OCH3 is 1. The van der Waals surface area contributed by atoms with Crippen LogP contribution in [0.25, 0.3) is 0 Å². The molecule has 0 aliphatic rings. The number of halogens is 1. The van der Waals surface area contributed by atoms with Crippen LogP contribution < -0.4 is 4.74 Å². The standard InChI is InChI=1S/C8H9IO/c1-6-3-4-7(9)8(5-6)10-2/h3-5H,1-2H3. The Morgan fingerprint density at radius 1 is 1.40 bits per heavy atom. The van der Waals surface area contributed by atoms with E-state index in [1.54, 1.807) is 7.11 Å². The topological polar surface area (TPSA) is 9.23 Å². The van der Waals surface area contributed by atoms with Crippen LogP contribution in [0.2, 0.25) is 0 Å². The molecule has 0 N–H and O–H groups in total. The number of ether oxygens (including phenoxy) is 1. The second-order valence-corrected chi connectivity index (χ2v) is 3.30. The average molecular weight is 248 g/mol.